The molecule has 2 rings (SSSR count). The first-order chi connectivity index (χ1) is 10.1. The summed E-state index contributed by atoms with van der Waals surface area (Å²) in [4.78, 5) is 21.1. The number of hydrogen-bond donors (Lipinski definition) is 1. The van der Waals surface area contributed by atoms with E-state index in [2.05, 4.69) is 36.2 Å². The third-order valence-electron chi connectivity index (χ3n) is 3.98. The summed E-state index contributed by atoms with van der Waals surface area (Å²) in [5, 5.41) is 3.23. The van der Waals surface area contributed by atoms with Gasteiger partial charge in [-0.1, -0.05) is 6.92 Å². The van der Waals surface area contributed by atoms with Crippen molar-refractivity contribution in [3.8, 4) is 0 Å². The number of likely N-dealkylation sites (N-methyl/N-ethyl adjacent to an activating group) is 1. The molecule has 0 aromatic carbocycles. The van der Waals surface area contributed by atoms with E-state index in [1.165, 1.54) is 0 Å². The van der Waals surface area contributed by atoms with Gasteiger partial charge in [0.1, 0.15) is 5.82 Å². The summed E-state index contributed by atoms with van der Waals surface area (Å²) in [5.41, 5.74) is 0.725. The Balaban J connectivity index is 2.05. The Morgan fingerprint density at radius 1 is 1.52 bits per heavy atom. The van der Waals surface area contributed by atoms with Crippen LogP contribution in [0.15, 0.2) is 18.3 Å². The molecular formula is C16H26N4O. The third-order valence-corrected chi connectivity index (χ3v) is 3.98. The maximum Gasteiger partial charge on any atom is 0.254 e. The number of pyridine rings is 1. The van der Waals surface area contributed by atoms with E-state index >= 15 is 0 Å². The van der Waals surface area contributed by atoms with Gasteiger partial charge in [0.25, 0.3) is 5.91 Å². The minimum absolute atomic E-state index is 0.114. The Morgan fingerprint density at radius 3 is 3.05 bits per heavy atom. The summed E-state index contributed by atoms with van der Waals surface area (Å²) in [6.07, 6.45) is 4.98. The number of carbonyl (C=O) groups is 1. The molecule has 1 aliphatic rings. The molecule has 1 unspecified atom stereocenters. The van der Waals surface area contributed by atoms with Crippen molar-refractivity contribution < 1.29 is 4.79 Å². The van der Waals surface area contributed by atoms with Crippen LogP contribution < -0.4 is 5.32 Å². The molecule has 116 valence electrons. The minimum Gasteiger partial charge on any atom is -0.370 e. The zero-order valence-corrected chi connectivity index (χ0v) is 13.3. The van der Waals surface area contributed by atoms with Gasteiger partial charge in [0, 0.05) is 37.4 Å². The quantitative estimate of drug-likeness (QED) is 0.902. The van der Waals surface area contributed by atoms with Crippen molar-refractivity contribution in [2.45, 2.75) is 32.2 Å². The highest BCUT2D eigenvalue weighted by Crippen LogP contribution is 2.17. The molecule has 0 bridgehead atoms. The Kier molecular flexibility index (Phi) is 5.56. The van der Waals surface area contributed by atoms with E-state index in [1.807, 2.05) is 11.0 Å². The number of piperidine rings is 1. The molecule has 1 atom stereocenters. The largest absolute Gasteiger partial charge is 0.370 e. The Morgan fingerprint density at radius 2 is 2.33 bits per heavy atom. The molecule has 1 aromatic rings. The topological polar surface area (TPSA) is 48.5 Å². The van der Waals surface area contributed by atoms with Gasteiger partial charge >= 0.3 is 0 Å². The van der Waals surface area contributed by atoms with Gasteiger partial charge < -0.3 is 15.1 Å². The highest BCUT2D eigenvalue weighted by atomic mass is 16.2. The fourth-order valence-electron chi connectivity index (χ4n) is 2.66. The van der Waals surface area contributed by atoms with Gasteiger partial charge in [-0.05, 0) is 45.5 Å². The van der Waals surface area contributed by atoms with Gasteiger partial charge in [-0.3, -0.25) is 4.79 Å². The number of amides is 1. The molecule has 1 N–H and O–H groups in total. The van der Waals surface area contributed by atoms with E-state index in [4.69, 9.17) is 0 Å². The fourth-order valence-corrected chi connectivity index (χ4v) is 2.66. The Bertz CT molecular complexity index is 475. The summed E-state index contributed by atoms with van der Waals surface area (Å²) in [7, 11) is 4.16. The van der Waals surface area contributed by atoms with Crippen molar-refractivity contribution in [3.63, 3.8) is 0 Å². The van der Waals surface area contributed by atoms with Crippen molar-refractivity contribution >= 4 is 11.7 Å². The van der Waals surface area contributed by atoms with E-state index in [-0.39, 0.29) is 5.91 Å². The molecule has 1 amide bonds. The van der Waals surface area contributed by atoms with Crippen LogP contribution in [0.4, 0.5) is 5.82 Å². The van der Waals surface area contributed by atoms with E-state index in [0.717, 1.165) is 50.3 Å². The summed E-state index contributed by atoms with van der Waals surface area (Å²) in [5.74, 6) is 0.896. The molecular weight excluding hydrogens is 264 g/mol. The van der Waals surface area contributed by atoms with Gasteiger partial charge in [-0.2, -0.15) is 0 Å². The lowest BCUT2D eigenvalue weighted by Crippen LogP contribution is -2.47. The van der Waals surface area contributed by atoms with Crippen molar-refractivity contribution in [2.75, 3.05) is 39.0 Å². The molecule has 1 aromatic heterocycles. The van der Waals surface area contributed by atoms with Crippen LogP contribution >= 0.6 is 0 Å². The number of nitrogens with zero attached hydrogens (tertiary/aromatic N) is 3. The monoisotopic (exact) mass is 290 g/mol. The third kappa shape index (κ3) is 4.17. The summed E-state index contributed by atoms with van der Waals surface area (Å²) < 4.78 is 0. The van der Waals surface area contributed by atoms with Gasteiger partial charge in [-0.15, -0.1) is 0 Å². The molecule has 0 spiro atoms. The molecule has 21 heavy (non-hydrogen) atoms. The predicted molar refractivity (Wildman–Crippen MR) is 85.6 cm³/mol. The number of aromatic nitrogens is 1. The lowest BCUT2D eigenvalue weighted by atomic mass is 10.0. The lowest BCUT2D eigenvalue weighted by Gasteiger charge is -2.36. The van der Waals surface area contributed by atoms with Crippen LogP contribution in [0, 0.1) is 0 Å². The zero-order chi connectivity index (χ0) is 15.2. The molecule has 5 heteroatoms. The molecule has 1 fully saturated rings. The zero-order valence-electron chi connectivity index (χ0n) is 13.3. The number of hydrogen-bond acceptors (Lipinski definition) is 4. The maximum absolute atomic E-state index is 12.6. The Labute approximate surface area is 127 Å². The molecule has 0 radical (unpaired) electrons. The lowest BCUT2D eigenvalue weighted by molar-refractivity contribution is 0.0635. The fraction of sp³-hybridized carbons (Fsp3) is 0.625. The summed E-state index contributed by atoms with van der Waals surface area (Å²) in [6, 6.07) is 4.12. The highest BCUT2D eigenvalue weighted by molar-refractivity contribution is 5.94. The standard InChI is InChI=1S/C16H26N4O/c1-4-8-17-15-11-13(7-9-18-15)16(21)20-10-5-6-14(12-20)19(2)3/h7,9,11,14H,4-6,8,10,12H2,1-3H3,(H,17,18). The number of rotatable bonds is 5. The van der Waals surface area contributed by atoms with Gasteiger partial charge in [0.2, 0.25) is 0 Å². The van der Waals surface area contributed by atoms with E-state index in [1.54, 1.807) is 12.3 Å². The van der Waals surface area contributed by atoms with Crippen LogP contribution in [-0.4, -0.2) is 60.5 Å². The first kappa shape index (κ1) is 15.8. The number of carbonyl (C=O) groups excluding carboxylic acids is 1. The highest BCUT2D eigenvalue weighted by Gasteiger charge is 2.25. The first-order valence-corrected chi connectivity index (χ1v) is 7.77. The average molecular weight is 290 g/mol. The smallest absolute Gasteiger partial charge is 0.254 e. The van der Waals surface area contributed by atoms with Gasteiger partial charge in [0.05, 0.1) is 0 Å². The number of nitrogens with one attached hydrogen (secondary N) is 1. The first-order valence-electron chi connectivity index (χ1n) is 7.77. The molecule has 0 aliphatic carbocycles. The minimum atomic E-state index is 0.114. The molecule has 1 saturated heterocycles. The number of likely N-dealkylation sites (tertiary alicyclic amines) is 1. The molecule has 5 nitrogen and oxygen atoms in total. The molecule has 1 aliphatic heterocycles. The van der Waals surface area contributed by atoms with Crippen LogP contribution in [0.3, 0.4) is 0 Å². The van der Waals surface area contributed by atoms with Crippen molar-refractivity contribution in [3.05, 3.63) is 23.9 Å². The second kappa shape index (κ2) is 7.41. The van der Waals surface area contributed by atoms with Crippen molar-refractivity contribution in [1.29, 1.82) is 0 Å². The van der Waals surface area contributed by atoms with Crippen LogP contribution in [0.2, 0.25) is 0 Å². The van der Waals surface area contributed by atoms with Crippen molar-refractivity contribution in [1.82, 2.24) is 14.8 Å². The maximum atomic E-state index is 12.6. The van der Waals surface area contributed by atoms with E-state index in [9.17, 15) is 4.79 Å². The van der Waals surface area contributed by atoms with Crippen LogP contribution in [0.5, 0.6) is 0 Å². The van der Waals surface area contributed by atoms with E-state index < -0.39 is 0 Å². The summed E-state index contributed by atoms with van der Waals surface area (Å²) >= 11 is 0. The van der Waals surface area contributed by atoms with Crippen LogP contribution in [0.1, 0.15) is 36.5 Å². The normalized spacial score (nSPS) is 18.9. The Hall–Kier alpha value is -1.62. The predicted octanol–water partition coefficient (Wildman–Crippen LogP) is 2.07. The number of anilines is 1. The van der Waals surface area contributed by atoms with Crippen LogP contribution in [0.25, 0.3) is 0 Å². The average Bonchev–Trinajstić information content (AvgIpc) is 2.52. The van der Waals surface area contributed by atoms with Crippen molar-refractivity contribution in [2.24, 2.45) is 0 Å². The van der Waals surface area contributed by atoms with E-state index in [0.29, 0.717) is 6.04 Å². The van der Waals surface area contributed by atoms with Crippen LogP contribution in [-0.2, 0) is 0 Å². The second-order valence-electron chi connectivity index (χ2n) is 5.87. The summed E-state index contributed by atoms with van der Waals surface area (Å²) in [6.45, 7) is 4.64. The van der Waals surface area contributed by atoms with Gasteiger partial charge in [0.15, 0.2) is 0 Å². The second-order valence-corrected chi connectivity index (χ2v) is 5.87. The molecule has 2 heterocycles. The van der Waals surface area contributed by atoms with Gasteiger partial charge in [-0.25, -0.2) is 4.98 Å². The molecule has 0 saturated carbocycles. The SMILES string of the molecule is CCCNc1cc(C(=O)N2CCCC(N(C)C)C2)ccn1.